The first-order valence-corrected chi connectivity index (χ1v) is 35.9. The molecule has 5 N–H and O–H groups in total. The van der Waals surface area contributed by atoms with Crippen molar-refractivity contribution in [1.82, 2.24) is 20.9 Å². The fraction of sp³-hybridized carbons (Fsp3) is 0.500. The number of benzene rings is 4. The molecule has 1 aliphatic carbocycles. The van der Waals surface area contributed by atoms with E-state index >= 15 is 0 Å². The minimum absolute atomic E-state index is 0.00376. The number of methoxy groups -OCH3 is 2. The molecule has 5 amide bonds. The number of alkyl carbamates (subject to hydrolysis) is 1. The third-order valence-corrected chi connectivity index (χ3v) is 19.5. The Kier molecular flexibility index (Phi) is 29.3. The Morgan fingerprint density at radius 2 is 1.26 bits per heavy atom. The van der Waals surface area contributed by atoms with Crippen molar-refractivity contribution in [2.24, 2.45) is 29.6 Å². The number of aryl methyl sites for hydroxylation is 1. The second-order valence-corrected chi connectivity index (χ2v) is 28.2. The van der Waals surface area contributed by atoms with Crippen LogP contribution in [-0.2, 0) is 78.5 Å². The van der Waals surface area contributed by atoms with E-state index in [4.69, 9.17) is 37.9 Å². The molecule has 0 spiro atoms. The summed E-state index contributed by atoms with van der Waals surface area (Å²) in [7, 11) is 2.99. The van der Waals surface area contributed by atoms with Crippen molar-refractivity contribution in [2.45, 2.75) is 176 Å². The van der Waals surface area contributed by atoms with Crippen LogP contribution in [0.5, 0.6) is 17.2 Å². The van der Waals surface area contributed by atoms with Crippen molar-refractivity contribution in [3.8, 4) is 17.2 Å². The van der Waals surface area contributed by atoms with Gasteiger partial charge < -0.3 is 69.0 Å². The number of hydrogen-bond donors (Lipinski definition) is 5. The molecule has 0 fully saturated rings. The summed E-state index contributed by atoms with van der Waals surface area (Å²) in [6.07, 6.45) is 2.86. The lowest BCUT2D eigenvalue weighted by Gasteiger charge is -2.31. The van der Waals surface area contributed by atoms with Gasteiger partial charge in [-0.1, -0.05) is 106 Å². The molecule has 0 radical (unpaired) electrons. The summed E-state index contributed by atoms with van der Waals surface area (Å²) < 4.78 is 45.5. The summed E-state index contributed by atoms with van der Waals surface area (Å²) in [4.78, 5) is 138. The van der Waals surface area contributed by atoms with Gasteiger partial charge in [-0.3, -0.25) is 43.3 Å². The lowest BCUT2D eigenvalue weighted by Crippen LogP contribution is -2.53. The predicted octanol–water partition coefficient (Wildman–Crippen LogP) is 9.65. The van der Waals surface area contributed by atoms with Crippen LogP contribution in [0.2, 0.25) is 0 Å². The van der Waals surface area contributed by atoms with Crippen molar-refractivity contribution >= 4 is 64.7 Å². The molecule has 25 nitrogen and oxygen atoms in total. The largest absolute Gasteiger partial charge is 0.493 e. The van der Waals surface area contributed by atoms with Gasteiger partial charge in [0.25, 0.3) is 5.91 Å². The molecule has 105 heavy (non-hydrogen) atoms. The maximum Gasteiger partial charge on any atom is 0.416 e. The molecule has 2 unspecified atom stereocenters. The molecule has 10 atom stereocenters. The number of carbonyl (C=O) groups is 10. The molecule has 4 aromatic rings. The third-order valence-electron chi connectivity index (χ3n) is 19.5. The van der Waals surface area contributed by atoms with E-state index in [0.29, 0.717) is 78.9 Å². The SMILES string of the molecule is C=CCOC(=O)N[C@@H](C(=O)N[C@H](C)C(=O)Cc1ccc(COC(=O)N2c3cc(OCCCCCOc4cc5c(cc4C)C(=O)N4C=C(C)C[C@H]4[C@H](O)C5C(=O)OCc4ccc(CC(=O)[C@@H](C)NC(=O)[C@H](CC(=O)CCOCCOC)C(C)C)cc4)c(OC)cc3C(=O)C3C=C(C)C[C@H]3[C@@H]2O)cc1)C(C)C. The van der Waals surface area contributed by atoms with Gasteiger partial charge in [0.2, 0.25) is 11.8 Å². The number of amides is 5. The van der Waals surface area contributed by atoms with Crippen molar-refractivity contribution in [3.63, 3.8) is 0 Å². The number of aliphatic hydroxyl groups is 2. The number of carbonyl (C=O) groups excluding carboxylic acids is 10. The summed E-state index contributed by atoms with van der Waals surface area (Å²) in [6, 6.07) is 16.6. The zero-order valence-corrected chi connectivity index (χ0v) is 62.0. The highest BCUT2D eigenvalue weighted by Crippen LogP contribution is 2.47. The van der Waals surface area contributed by atoms with Gasteiger partial charge in [-0.25, -0.2) is 9.59 Å². The van der Waals surface area contributed by atoms with Crippen LogP contribution in [0.1, 0.15) is 160 Å². The quantitative estimate of drug-likeness (QED) is 0.0121. The van der Waals surface area contributed by atoms with E-state index in [0.717, 1.165) is 16.0 Å². The maximum absolute atomic E-state index is 14.4. The molecule has 3 aliphatic heterocycles. The van der Waals surface area contributed by atoms with Gasteiger partial charge in [0, 0.05) is 73.9 Å². The second kappa shape index (κ2) is 37.9. The standard InChI is InChI=1S/C80H101N5O20/c1-13-26-103-79(96)83-71(46(4)5)75(92)82-51(10)66(88)37-53-19-23-55(24-20-53)44-105-80(97)85-63-41-69(68(99-12)40-62(63)72(89)59-32-47(6)33-60(59)77(85)94)102-28-16-14-15-27-101-67-39-58-61(35-49(67)8)76(93)84-42-48(7)34-64(84)73(90)70(58)78(95)104-43-54-21-17-52(18-22-54)36-65(87)50(9)81-74(91)57(45(2)3)38-56(86)25-29-100-31-30-98-11/h13,17-24,32,35,39-42,45-46,50-51,57,59-60,64,70-71,73,77,90,94H,1,14-16,25-31,33-34,36-38,43-44H2,2-12H3,(H,81,91)(H,82,92)(H,83,96)/t50-,51-,57-,59?,60-,64+,70?,71-,73+,77+/m1/s1. The van der Waals surface area contributed by atoms with E-state index in [1.807, 2.05) is 33.8 Å². The molecular formula is C80H101N5O20. The fourth-order valence-corrected chi connectivity index (χ4v) is 13.4. The van der Waals surface area contributed by atoms with Crippen molar-refractivity contribution < 1.29 is 96.1 Å². The van der Waals surface area contributed by atoms with Gasteiger partial charge in [0.1, 0.15) is 49.5 Å². The number of ether oxygens (including phenoxy) is 8. The van der Waals surface area contributed by atoms with Crippen LogP contribution < -0.4 is 35.1 Å². The molecular weight excluding hydrogens is 1350 g/mol. The van der Waals surface area contributed by atoms with Gasteiger partial charge >= 0.3 is 18.2 Å². The Bertz CT molecular complexity index is 3880. The van der Waals surface area contributed by atoms with E-state index in [2.05, 4.69) is 22.5 Å². The second-order valence-electron chi connectivity index (χ2n) is 28.2. The van der Waals surface area contributed by atoms with Crippen LogP contribution in [0.25, 0.3) is 0 Å². The van der Waals surface area contributed by atoms with Crippen molar-refractivity contribution in [1.29, 1.82) is 0 Å². The molecule has 3 heterocycles. The van der Waals surface area contributed by atoms with Crippen molar-refractivity contribution in [3.05, 3.63) is 153 Å². The van der Waals surface area contributed by atoms with E-state index in [1.54, 1.807) is 109 Å². The number of nitrogens with zero attached hydrogens (tertiary/aromatic N) is 2. The zero-order chi connectivity index (χ0) is 76.3. The van der Waals surface area contributed by atoms with Gasteiger partial charge in [0.05, 0.1) is 70.1 Å². The van der Waals surface area contributed by atoms with Crippen LogP contribution in [0.3, 0.4) is 0 Å². The summed E-state index contributed by atoms with van der Waals surface area (Å²) in [6.45, 7) is 20.3. The van der Waals surface area contributed by atoms with Crippen LogP contribution in [0.15, 0.2) is 109 Å². The van der Waals surface area contributed by atoms with Gasteiger partial charge in [-0.2, -0.15) is 0 Å². The molecule has 8 rings (SSSR count). The number of nitrogens with one attached hydrogen (secondary N) is 3. The Morgan fingerprint density at radius 1 is 0.648 bits per heavy atom. The van der Waals surface area contributed by atoms with E-state index in [-0.39, 0.29) is 146 Å². The smallest absolute Gasteiger partial charge is 0.416 e. The average Bonchev–Trinajstić information content (AvgIpc) is 1.63. The molecule has 0 bridgehead atoms. The number of anilines is 1. The summed E-state index contributed by atoms with van der Waals surface area (Å²) in [5.41, 5.74) is 5.50. The first-order chi connectivity index (χ1) is 50.1. The van der Waals surface area contributed by atoms with Gasteiger partial charge in [0.15, 0.2) is 28.8 Å². The molecule has 566 valence electrons. The first-order valence-electron chi connectivity index (χ1n) is 35.9. The summed E-state index contributed by atoms with van der Waals surface area (Å²) in [5, 5.41) is 32.2. The van der Waals surface area contributed by atoms with Gasteiger partial charge in [-0.15, -0.1) is 0 Å². The summed E-state index contributed by atoms with van der Waals surface area (Å²) >= 11 is 0. The molecule has 4 aromatic carbocycles. The van der Waals surface area contributed by atoms with Gasteiger partial charge in [-0.05, 0) is 130 Å². The molecule has 0 aromatic heterocycles. The van der Waals surface area contributed by atoms with Crippen LogP contribution in [0.4, 0.5) is 15.3 Å². The normalized spacial score (nSPS) is 19.2. The Morgan fingerprint density at radius 3 is 1.86 bits per heavy atom. The average molecular weight is 1450 g/mol. The first kappa shape index (κ1) is 81.1. The lowest BCUT2D eigenvalue weighted by atomic mass is 9.86. The highest BCUT2D eigenvalue weighted by atomic mass is 16.6. The third kappa shape index (κ3) is 21.1. The predicted molar refractivity (Wildman–Crippen MR) is 388 cm³/mol. The highest BCUT2D eigenvalue weighted by molar-refractivity contribution is 6.09. The highest BCUT2D eigenvalue weighted by Gasteiger charge is 2.49. The van der Waals surface area contributed by atoms with E-state index in [1.165, 1.54) is 30.2 Å². The van der Waals surface area contributed by atoms with E-state index < -0.39 is 84.2 Å². The Balaban J connectivity index is 0.860. The number of allylic oxidation sites excluding steroid dienone is 2. The maximum atomic E-state index is 14.4. The number of hydrogen-bond acceptors (Lipinski definition) is 20. The minimum Gasteiger partial charge on any atom is -0.493 e. The monoisotopic (exact) mass is 1450 g/mol. The number of Topliss-reactive ketones (excluding diaryl/α,β-unsaturated/α-hetero) is 4. The summed E-state index contributed by atoms with van der Waals surface area (Å²) in [5.74, 6) is -5.96. The van der Waals surface area contributed by atoms with Crippen LogP contribution >= 0.6 is 0 Å². The number of esters is 1. The number of fused-ring (bicyclic) bond motifs is 4. The zero-order valence-electron chi connectivity index (χ0n) is 62.0. The van der Waals surface area contributed by atoms with Crippen LogP contribution in [0, 0.1) is 36.5 Å². The fourth-order valence-electron chi connectivity index (χ4n) is 13.4. The number of unbranched alkanes of at least 4 members (excludes halogenated alkanes) is 2. The van der Waals surface area contributed by atoms with Crippen LogP contribution in [-0.4, -0.2) is 164 Å². The van der Waals surface area contributed by atoms with E-state index in [9.17, 15) is 58.2 Å². The Hall–Kier alpha value is -9.56. The Labute approximate surface area is 613 Å². The molecule has 0 saturated carbocycles. The molecule has 25 heteroatoms. The van der Waals surface area contributed by atoms with Crippen molar-refractivity contribution in [2.75, 3.05) is 58.8 Å². The molecule has 0 saturated heterocycles. The number of rotatable bonds is 37. The molecule has 4 aliphatic rings. The lowest BCUT2D eigenvalue weighted by molar-refractivity contribution is -0.150. The number of aliphatic hydroxyl groups excluding tert-OH is 2. The number of ketones is 4. The topological polar surface area (TPSA) is 328 Å². The minimum atomic E-state index is -1.48.